The Morgan fingerprint density at radius 2 is 1.04 bits per heavy atom. The van der Waals surface area contributed by atoms with Crippen LogP contribution >= 0.6 is 23.2 Å². The maximum absolute atomic E-state index is 12.8. The molecule has 2 heterocycles. The monoisotopic (exact) mass is 806 g/mol. The molecular weight excluding hydrogens is 767 g/mol. The Hall–Kier alpha value is -5.22. The Kier molecular flexibility index (Phi) is 13.1. The first-order chi connectivity index (χ1) is 27.0. The van der Waals surface area contributed by atoms with E-state index in [2.05, 4.69) is 10.6 Å². The van der Waals surface area contributed by atoms with E-state index < -0.39 is 37.2 Å². The molecule has 0 unspecified atom stereocenters. The van der Waals surface area contributed by atoms with Gasteiger partial charge in [0.1, 0.15) is 23.6 Å². The van der Waals surface area contributed by atoms with Crippen LogP contribution < -0.4 is 29.9 Å². The number of rotatable bonds is 17. The minimum atomic E-state index is -1.15. The van der Waals surface area contributed by atoms with Crippen molar-refractivity contribution in [3.63, 3.8) is 0 Å². The third kappa shape index (κ3) is 8.76. The maximum Gasteiger partial charge on any atom is 0.323 e. The molecule has 0 bridgehead atoms. The number of ether oxygens (including phenoxy) is 2. The fourth-order valence-electron chi connectivity index (χ4n) is 6.65. The second-order valence-corrected chi connectivity index (χ2v) is 13.9. The quantitative estimate of drug-likeness (QED) is 0.0830. The summed E-state index contributed by atoms with van der Waals surface area (Å²) >= 11 is 14.2. The molecule has 14 nitrogen and oxygen atoms in total. The molecule has 0 saturated heterocycles. The number of benzene rings is 4. The number of halogens is 2. The summed E-state index contributed by atoms with van der Waals surface area (Å²) in [5.74, 6) is -1.77. The average molecular weight is 808 g/mol. The summed E-state index contributed by atoms with van der Waals surface area (Å²) in [6.45, 7) is -0.196. The van der Waals surface area contributed by atoms with Crippen LogP contribution in [0.1, 0.15) is 12.8 Å². The van der Waals surface area contributed by atoms with Gasteiger partial charge in [0.2, 0.25) is 0 Å². The molecule has 2 atom stereocenters. The maximum atomic E-state index is 12.8. The van der Waals surface area contributed by atoms with E-state index in [4.69, 9.17) is 42.9 Å². The third-order valence-electron chi connectivity index (χ3n) is 9.58. The van der Waals surface area contributed by atoms with Crippen LogP contribution in [-0.2, 0) is 19.2 Å². The average Bonchev–Trinajstić information content (AvgIpc) is 3.19. The van der Waals surface area contributed by atoms with Gasteiger partial charge in [-0.1, -0.05) is 71.7 Å². The number of carboxylic acid groups (broad SMARTS) is 2. The highest BCUT2D eigenvalue weighted by molar-refractivity contribution is 6.39. The van der Waals surface area contributed by atoms with Crippen molar-refractivity contribution in [1.82, 2.24) is 10.6 Å². The van der Waals surface area contributed by atoms with Crippen molar-refractivity contribution in [2.24, 2.45) is 0 Å². The summed E-state index contributed by atoms with van der Waals surface area (Å²) < 4.78 is 11.6. The molecule has 6 rings (SSSR count). The summed E-state index contributed by atoms with van der Waals surface area (Å²) in [4.78, 5) is 51.1. The van der Waals surface area contributed by atoms with Gasteiger partial charge in [-0.15, -0.1) is 0 Å². The molecule has 4 aromatic carbocycles. The number of nitrogens with one attached hydrogen (secondary N) is 2. The van der Waals surface area contributed by atoms with Crippen LogP contribution in [0.3, 0.4) is 0 Å². The van der Waals surface area contributed by atoms with Crippen LogP contribution in [-0.4, -0.2) is 109 Å². The Bertz CT molecular complexity index is 1980. The molecular formula is C40H40Cl2N4O10. The van der Waals surface area contributed by atoms with Crippen LogP contribution in [0, 0.1) is 0 Å². The van der Waals surface area contributed by atoms with Gasteiger partial charge in [0.05, 0.1) is 34.6 Å². The molecule has 16 heteroatoms. The van der Waals surface area contributed by atoms with Gasteiger partial charge in [-0.2, -0.15) is 0 Å². The number of carbonyl (C=O) groups is 4. The zero-order valence-electron chi connectivity index (χ0n) is 30.0. The number of fused-ring (bicyclic) bond motifs is 2. The van der Waals surface area contributed by atoms with E-state index in [1.54, 1.807) is 21.9 Å². The van der Waals surface area contributed by atoms with E-state index in [-0.39, 0.29) is 38.1 Å². The van der Waals surface area contributed by atoms with Crippen molar-refractivity contribution in [3.05, 3.63) is 82.8 Å². The van der Waals surface area contributed by atoms with E-state index in [9.17, 15) is 29.4 Å². The molecule has 0 aliphatic carbocycles. The van der Waals surface area contributed by atoms with Gasteiger partial charge in [0, 0.05) is 35.3 Å². The smallest absolute Gasteiger partial charge is 0.323 e. The van der Waals surface area contributed by atoms with Gasteiger partial charge in [0.15, 0.2) is 13.2 Å². The van der Waals surface area contributed by atoms with Gasteiger partial charge < -0.3 is 50.3 Å². The number of hydrogen-bond donors (Lipinski definition) is 6. The SMILES string of the molecule is O=C(O)[C@H](CO)NCCCN1C(=O)COc2cc(-c3cccc(-c4cccc(-c5ccc6c(c5)OCC(=O)N6CCCN[C@@H](CO)C(=O)O)c4Cl)c3Cl)ccc21. The van der Waals surface area contributed by atoms with Gasteiger partial charge in [-0.3, -0.25) is 19.2 Å². The molecule has 294 valence electrons. The van der Waals surface area contributed by atoms with Crippen molar-refractivity contribution in [1.29, 1.82) is 0 Å². The molecule has 0 saturated carbocycles. The molecule has 56 heavy (non-hydrogen) atoms. The number of hydrogen-bond acceptors (Lipinski definition) is 10. The Morgan fingerprint density at radius 1 is 0.643 bits per heavy atom. The molecule has 2 aliphatic rings. The predicted molar refractivity (Wildman–Crippen MR) is 211 cm³/mol. The van der Waals surface area contributed by atoms with Crippen molar-refractivity contribution in [2.75, 3.05) is 62.4 Å². The molecule has 2 amide bonds. The number of carboxylic acids is 2. The van der Waals surface area contributed by atoms with Gasteiger partial charge >= 0.3 is 11.9 Å². The lowest BCUT2D eigenvalue weighted by molar-refractivity contribution is -0.141. The molecule has 0 fully saturated rings. The van der Waals surface area contributed by atoms with Crippen molar-refractivity contribution in [2.45, 2.75) is 24.9 Å². The van der Waals surface area contributed by atoms with Crippen LogP contribution in [0.2, 0.25) is 10.0 Å². The van der Waals surface area contributed by atoms with Crippen LogP contribution in [0.4, 0.5) is 11.4 Å². The second-order valence-electron chi connectivity index (χ2n) is 13.1. The highest BCUT2D eigenvalue weighted by Crippen LogP contribution is 2.45. The van der Waals surface area contributed by atoms with Crippen molar-refractivity contribution >= 4 is 58.3 Å². The summed E-state index contributed by atoms with van der Waals surface area (Å²) in [5, 5.41) is 43.2. The first-order valence-electron chi connectivity index (χ1n) is 17.9. The topological polar surface area (TPSA) is 198 Å². The lowest BCUT2D eigenvalue weighted by atomic mass is 9.95. The lowest BCUT2D eigenvalue weighted by Gasteiger charge is -2.30. The fourth-order valence-corrected chi connectivity index (χ4v) is 7.32. The number of aliphatic hydroxyl groups excluding tert-OH is 2. The zero-order chi connectivity index (χ0) is 39.9. The number of aliphatic hydroxyl groups is 2. The number of carbonyl (C=O) groups excluding carboxylic acids is 2. The zero-order valence-corrected chi connectivity index (χ0v) is 31.6. The lowest BCUT2D eigenvalue weighted by Crippen LogP contribution is -2.43. The van der Waals surface area contributed by atoms with E-state index in [1.807, 2.05) is 60.7 Å². The summed E-state index contributed by atoms with van der Waals surface area (Å²) in [7, 11) is 0. The van der Waals surface area contributed by atoms with E-state index >= 15 is 0 Å². The molecule has 4 aromatic rings. The van der Waals surface area contributed by atoms with E-state index in [0.717, 1.165) is 11.1 Å². The Morgan fingerprint density at radius 3 is 1.41 bits per heavy atom. The predicted octanol–water partition coefficient (Wildman–Crippen LogP) is 4.30. The largest absolute Gasteiger partial charge is 0.482 e. The second kappa shape index (κ2) is 18.2. The van der Waals surface area contributed by atoms with Gasteiger partial charge in [-0.25, -0.2) is 0 Å². The number of amides is 2. The Labute approximate surface area is 332 Å². The number of nitrogens with zero attached hydrogens (tertiary/aromatic N) is 2. The molecule has 0 radical (unpaired) electrons. The fraction of sp³-hybridized carbons (Fsp3) is 0.300. The van der Waals surface area contributed by atoms with Gasteiger partial charge in [0.25, 0.3) is 11.8 Å². The van der Waals surface area contributed by atoms with E-state index in [0.29, 0.717) is 81.1 Å². The minimum Gasteiger partial charge on any atom is -0.482 e. The highest BCUT2D eigenvalue weighted by Gasteiger charge is 2.28. The molecule has 6 N–H and O–H groups in total. The number of aliphatic carboxylic acids is 2. The summed E-state index contributed by atoms with van der Waals surface area (Å²) in [6, 6.07) is 20.0. The van der Waals surface area contributed by atoms with Crippen LogP contribution in [0.5, 0.6) is 11.5 Å². The standard InChI is InChI=1S/C40H40Cl2N4O10/c41-37-25(23-9-11-31-33(17-23)55-21-35(49)45(31)15-3-13-43-29(19-47)39(51)52)5-1-7-27(37)28-8-2-6-26(38(28)42)24-10-12-32-34(18-24)56-22-36(50)46(32)16-4-14-44-30(20-48)40(53)54/h1-2,5-12,17-18,29-30,43-44,47-48H,3-4,13-16,19-22H2,(H,51,52)(H,53,54)/t29-,30-/m0/s1. The number of anilines is 2. The van der Waals surface area contributed by atoms with Crippen LogP contribution in [0.25, 0.3) is 33.4 Å². The summed E-state index contributed by atoms with van der Waals surface area (Å²) in [5.41, 5.74) is 5.47. The van der Waals surface area contributed by atoms with Crippen LogP contribution in [0.15, 0.2) is 72.8 Å². The van der Waals surface area contributed by atoms with Crippen molar-refractivity contribution in [3.8, 4) is 44.9 Å². The van der Waals surface area contributed by atoms with E-state index in [1.165, 1.54) is 0 Å². The molecule has 0 aromatic heterocycles. The molecule has 2 aliphatic heterocycles. The summed E-state index contributed by atoms with van der Waals surface area (Å²) in [6.07, 6.45) is 0.896. The first-order valence-corrected chi connectivity index (χ1v) is 18.6. The Balaban J connectivity index is 1.20. The normalized spacial score (nSPS) is 14.7. The first kappa shape index (κ1) is 40.4. The molecule has 0 spiro atoms. The highest BCUT2D eigenvalue weighted by atomic mass is 35.5. The third-order valence-corrected chi connectivity index (χ3v) is 10.4. The van der Waals surface area contributed by atoms with Gasteiger partial charge in [-0.05, 0) is 61.3 Å². The minimum absolute atomic E-state index is 0.158. The van der Waals surface area contributed by atoms with Crippen molar-refractivity contribution < 1.29 is 49.1 Å².